The fraction of sp³-hybridized carbons (Fsp3) is 0.312. The molecule has 1 unspecified atom stereocenters. The van der Waals surface area contributed by atoms with E-state index in [4.69, 9.17) is 0 Å². The molecule has 2 aromatic heterocycles. The Bertz CT molecular complexity index is 798. The molecular formula is C16H14F3N3OS2. The van der Waals surface area contributed by atoms with Gasteiger partial charge in [-0.1, -0.05) is 17.8 Å². The number of thioether (sulfide) groups is 1. The molecule has 2 aromatic rings. The predicted molar refractivity (Wildman–Crippen MR) is 90.2 cm³/mol. The number of alkyl halides is 3. The van der Waals surface area contributed by atoms with Gasteiger partial charge < -0.3 is 5.32 Å². The number of nitrogens with one attached hydrogen (secondary N) is 1. The number of hydrogen-bond acceptors (Lipinski definition) is 5. The molecule has 0 aromatic carbocycles. The maximum Gasteiger partial charge on any atom is 0.433 e. The van der Waals surface area contributed by atoms with Crippen LogP contribution in [0.5, 0.6) is 0 Å². The van der Waals surface area contributed by atoms with Gasteiger partial charge in [0.25, 0.3) is 0 Å². The Kier molecular flexibility index (Phi) is 6.08. The van der Waals surface area contributed by atoms with Crippen LogP contribution < -0.4 is 5.32 Å². The molecule has 0 spiro atoms. The molecule has 25 heavy (non-hydrogen) atoms. The Morgan fingerprint density at radius 2 is 2.24 bits per heavy atom. The third-order valence-electron chi connectivity index (χ3n) is 3.26. The molecule has 4 nitrogen and oxygen atoms in total. The molecule has 9 heteroatoms. The molecule has 0 saturated carbocycles. The minimum absolute atomic E-state index is 0.0518. The quantitative estimate of drug-likeness (QED) is 0.786. The average Bonchev–Trinajstić information content (AvgIpc) is 3.04. The lowest BCUT2D eigenvalue weighted by Gasteiger charge is -2.15. The van der Waals surface area contributed by atoms with Gasteiger partial charge in [-0.2, -0.15) is 18.4 Å². The van der Waals surface area contributed by atoms with Crippen molar-refractivity contribution in [1.82, 2.24) is 10.3 Å². The first-order chi connectivity index (χ1) is 11.7. The van der Waals surface area contributed by atoms with E-state index >= 15 is 0 Å². The highest BCUT2D eigenvalue weighted by Gasteiger charge is 2.34. The molecule has 1 atom stereocenters. The van der Waals surface area contributed by atoms with E-state index in [1.54, 1.807) is 6.92 Å². The summed E-state index contributed by atoms with van der Waals surface area (Å²) >= 11 is 2.33. The van der Waals surface area contributed by atoms with Crippen molar-refractivity contribution in [2.24, 2.45) is 0 Å². The predicted octanol–water partition coefficient (Wildman–Crippen LogP) is 4.14. The Balaban J connectivity index is 2.16. The standard InChI is InChI=1S/C16H14F3N3OS2/c1-9-6-13(16(17,18)19)22-15(12(9)7-20)25-10(2)14(23)21-8-11-4-3-5-24-11/h3-6,10H,8H2,1-2H3,(H,21,23). The Morgan fingerprint density at radius 3 is 2.80 bits per heavy atom. The van der Waals surface area contributed by atoms with Gasteiger partial charge in [-0.3, -0.25) is 4.79 Å². The average molecular weight is 385 g/mol. The lowest BCUT2D eigenvalue weighted by Crippen LogP contribution is -2.30. The van der Waals surface area contributed by atoms with Gasteiger partial charge in [0.2, 0.25) is 5.91 Å². The lowest BCUT2D eigenvalue weighted by atomic mass is 10.1. The summed E-state index contributed by atoms with van der Waals surface area (Å²) in [5, 5.41) is 13.0. The van der Waals surface area contributed by atoms with E-state index in [1.807, 2.05) is 23.6 Å². The number of aromatic nitrogens is 1. The summed E-state index contributed by atoms with van der Waals surface area (Å²) in [6.07, 6.45) is -4.61. The number of halogens is 3. The molecule has 0 bridgehead atoms. The number of hydrogen-bond donors (Lipinski definition) is 1. The Labute approximate surface area is 151 Å². The van der Waals surface area contributed by atoms with Crippen molar-refractivity contribution in [3.05, 3.63) is 45.3 Å². The number of aryl methyl sites for hydroxylation is 1. The number of carbonyl (C=O) groups is 1. The van der Waals surface area contributed by atoms with Crippen molar-refractivity contribution in [2.75, 3.05) is 0 Å². The van der Waals surface area contributed by atoms with Crippen LogP contribution in [0.1, 0.15) is 28.6 Å². The first kappa shape index (κ1) is 19.3. The maximum atomic E-state index is 12.9. The van der Waals surface area contributed by atoms with Gasteiger partial charge in [0.15, 0.2) is 0 Å². The fourth-order valence-corrected chi connectivity index (χ4v) is 3.61. The van der Waals surface area contributed by atoms with Gasteiger partial charge in [0.05, 0.1) is 17.4 Å². The van der Waals surface area contributed by atoms with Crippen LogP contribution in [-0.4, -0.2) is 16.1 Å². The fourth-order valence-electron chi connectivity index (χ4n) is 1.96. The second-order valence-electron chi connectivity index (χ2n) is 5.17. The molecule has 0 aliphatic heterocycles. The highest BCUT2D eigenvalue weighted by Crippen LogP contribution is 2.33. The lowest BCUT2D eigenvalue weighted by molar-refractivity contribution is -0.141. The molecule has 0 fully saturated rings. The van der Waals surface area contributed by atoms with Gasteiger partial charge in [0, 0.05) is 4.88 Å². The summed E-state index contributed by atoms with van der Waals surface area (Å²) in [5.41, 5.74) is -0.841. The molecule has 2 heterocycles. The maximum absolute atomic E-state index is 12.9. The number of nitrogens with zero attached hydrogens (tertiary/aromatic N) is 2. The largest absolute Gasteiger partial charge is 0.433 e. The van der Waals surface area contributed by atoms with Crippen molar-refractivity contribution >= 4 is 29.0 Å². The van der Waals surface area contributed by atoms with Crippen LogP contribution in [0.2, 0.25) is 0 Å². The van der Waals surface area contributed by atoms with E-state index in [9.17, 15) is 23.2 Å². The molecule has 0 aliphatic rings. The first-order valence-electron chi connectivity index (χ1n) is 7.18. The zero-order valence-corrected chi connectivity index (χ0v) is 15.0. The van der Waals surface area contributed by atoms with Gasteiger partial charge >= 0.3 is 6.18 Å². The number of nitriles is 1. The van der Waals surface area contributed by atoms with E-state index < -0.39 is 17.1 Å². The molecular weight excluding hydrogens is 371 g/mol. The highest BCUT2D eigenvalue weighted by molar-refractivity contribution is 8.00. The first-order valence-corrected chi connectivity index (χ1v) is 8.94. The van der Waals surface area contributed by atoms with Crippen molar-refractivity contribution in [3.8, 4) is 6.07 Å². The highest BCUT2D eigenvalue weighted by atomic mass is 32.2. The third kappa shape index (κ3) is 4.96. The topological polar surface area (TPSA) is 65.8 Å². The molecule has 0 radical (unpaired) electrons. The molecule has 2 rings (SSSR count). The van der Waals surface area contributed by atoms with Crippen molar-refractivity contribution in [2.45, 2.75) is 36.8 Å². The number of thiophene rings is 1. The van der Waals surface area contributed by atoms with E-state index in [0.717, 1.165) is 22.7 Å². The summed E-state index contributed by atoms with van der Waals surface area (Å²) in [5.74, 6) is -0.334. The molecule has 132 valence electrons. The van der Waals surface area contributed by atoms with Crippen LogP contribution in [0, 0.1) is 18.3 Å². The van der Waals surface area contributed by atoms with Gasteiger partial charge in [-0.15, -0.1) is 11.3 Å². The van der Waals surface area contributed by atoms with Crippen molar-refractivity contribution in [3.63, 3.8) is 0 Å². The van der Waals surface area contributed by atoms with Crippen LogP contribution in [0.15, 0.2) is 28.6 Å². The van der Waals surface area contributed by atoms with E-state index in [0.29, 0.717) is 6.54 Å². The number of rotatable bonds is 5. The number of pyridine rings is 1. The normalized spacial score (nSPS) is 12.5. The minimum Gasteiger partial charge on any atom is -0.350 e. The summed E-state index contributed by atoms with van der Waals surface area (Å²) in [7, 11) is 0. The van der Waals surface area contributed by atoms with Crippen LogP contribution in [0.25, 0.3) is 0 Å². The summed E-state index contributed by atoms with van der Waals surface area (Å²) in [6, 6.07) is 6.43. The summed E-state index contributed by atoms with van der Waals surface area (Å²) in [6.45, 7) is 3.33. The molecule has 1 N–H and O–H groups in total. The van der Waals surface area contributed by atoms with E-state index in [-0.39, 0.29) is 22.1 Å². The Hall–Kier alpha value is -2.05. The van der Waals surface area contributed by atoms with Crippen LogP contribution in [0.4, 0.5) is 13.2 Å². The molecule has 1 amide bonds. The SMILES string of the molecule is Cc1cc(C(F)(F)F)nc(SC(C)C(=O)NCc2cccs2)c1C#N. The number of amides is 1. The van der Waals surface area contributed by atoms with Gasteiger partial charge in [0.1, 0.15) is 16.8 Å². The second-order valence-corrected chi connectivity index (χ2v) is 7.53. The van der Waals surface area contributed by atoms with Crippen LogP contribution in [-0.2, 0) is 17.5 Å². The van der Waals surface area contributed by atoms with Gasteiger partial charge in [-0.25, -0.2) is 4.98 Å². The monoisotopic (exact) mass is 385 g/mol. The number of carbonyl (C=O) groups excluding carboxylic acids is 1. The second kappa shape index (κ2) is 7.89. The summed E-state index contributed by atoms with van der Waals surface area (Å²) in [4.78, 5) is 16.7. The zero-order valence-electron chi connectivity index (χ0n) is 13.3. The van der Waals surface area contributed by atoms with Crippen molar-refractivity contribution < 1.29 is 18.0 Å². The smallest absolute Gasteiger partial charge is 0.350 e. The van der Waals surface area contributed by atoms with E-state index in [1.165, 1.54) is 18.3 Å². The Morgan fingerprint density at radius 1 is 1.52 bits per heavy atom. The van der Waals surface area contributed by atoms with Crippen LogP contribution >= 0.6 is 23.1 Å². The van der Waals surface area contributed by atoms with Crippen molar-refractivity contribution in [1.29, 1.82) is 5.26 Å². The summed E-state index contributed by atoms with van der Waals surface area (Å²) < 4.78 is 38.8. The molecule has 0 saturated heterocycles. The molecule has 0 aliphatic carbocycles. The zero-order chi connectivity index (χ0) is 18.6. The van der Waals surface area contributed by atoms with Crippen LogP contribution in [0.3, 0.4) is 0 Å². The van der Waals surface area contributed by atoms with Gasteiger partial charge in [-0.05, 0) is 36.9 Å². The third-order valence-corrected chi connectivity index (χ3v) is 5.22. The van der Waals surface area contributed by atoms with E-state index in [2.05, 4.69) is 10.3 Å². The minimum atomic E-state index is -4.61.